The molecule has 1 aromatic carbocycles. The van der Waals surface area contributed by atoms with Crippen molar-refractivity contribution in [1.82, 2.24) is 5.32 Å². The van der Waals surface area contributed by atoms with Crippen LogP contribution in [0.5, 0.6) is 0 Å². The molecule has 0 saturated heterocycles. The maximum Gasteiger partial charge on any atom is 0.219 e. The summed E-state index contributed by atoms with van der Waals surface area (Å²) < 4.78 is 13.9. The summed E-state index contributed by atoms with van der Waals surface area (Å²) in [6.07, 6.45) is 1.51. The van der Waals surface area contributed by atoms with E-state index in [1.807, 2.05) is 0 Å². The SMILES string of the molecule is CNC(=O)CCCc1ccc(NC(C)(C)C#N)cc1F. The van der Waals surface area contributed by atoms with Gasteiger partial charge in [0.1, 0.15) is 11.4 Å². The van der Waals surface area contributed by atoms with Gasteiger partial charge in [-0.1, -0.05) is 6.07 Å². The summed E-state index contributed by atoms with van der Waals surface area (Å²) in [5.74, 6) is -0.361. The summed E-state index contributed by atoms with van der Waals surface area (Å²) >= 11 is 0. The van der Waals surface area contributed by atoms with Crippen molar-refractivity contribution in [3.05, 3.63) is 29.6 Å². The van der Waals surface area contributed by atoms with Gasteiger partial charge in [0.25, 0.3) is 0 Å². The number of halogens is 1. The molecule has 0 saturated carbocycles. The number of aryl methyl sites for hydroxylation is 1. The number of hydrogen-bond donors (Lipinski definition) is 2. The lowest BCUT2D eigenvalue weighted by Gasteiger charge is -2.19. The van der Waals surface area contributed by atoms with Gasteiger partial charge in [-0.25, -0.2) is 4.39 Å². The van der Waals surface area contributed by atoms with Crippen molar-refractivity contribution in [1.29, 1.82) is 5.26 Å². The van der Waals surface area contributed by atoms with Crippen molar-refractivity contribution < 1.29 is 9.18 Å². The number of carbonyl (C=O) groups is 1. The van der Waals surface area contributed by atoms with Crippen molar-refractivity contribution in [3.8, 4) is 6.07 Å². The van der Waals surface area contributed by atoms with Gasteiger partial charge in [0.05, 0.1) is 6.07 Å². The van der Waals surface area contributed by atoms with E-state index in [0.717, 1.165) is 0 Å². The number of nitrogens with zero attached hydrogens (tertiary/aromatic N) is 1. The molecular formula is C15H20FN3O. The number of amides is 1. The molecule has 0 atom stereocenters. The average molecular weight is 277 g/mol. The fourth-order valence-electron chi connectivity index (χ4n) is 1.78. The fraction of sp³-hybridized carbons (Fsp3) is 0.467. The molecule has 0 radical (unpaired) electrons. The van der Waals surface area contributed by atoms with Gasteiger partial charge in [0.15, 0.2) is 0 Å². The molecule has 2 N–H and O–H groups in total. The molecule has 0 spiro atoms. The molecule has 1 aromatic rings. The quantitative estimate of drug-likeness (QED) is 0.840. The normalized spacial score (nSPS) is 10.8. The van der Waals surface area contributed by atoms with Gasteiger partial charge in [-0.2, -0.15) is 5.26 Å². The van der Waals surface area contributed by atoms with Crippen LogP contribution in [0.25, 0.3) is 0 Å². The van der Waals surface area contributed by atoms with Crippen LogP contribution in [0.15, 0.2) is 18.2 Å². The molecule has 4 nitrogen and oxygen atoms in total. The Morgan fingerprint density at radius 1 is 1.45 bits per heavy atom. The molecule has 5 heteroatoms. The maximum absolute atomic E-state index is 13.9. The predicted molar refractivity (Wildman–Crippen MR) is 76.7 cm³/mol. The van der Waals surface area contributed by atoms with Crippen LogP contribution in [0.1, 0.15) is 32.3 Å². The molecule has 1 rings (SSSR count). The van der Waals surface area contributed by atoms with Crippen molar-refractivity contribution >= 4 is 11.6 Å². The predicted octanol–water partition coefficient (Wildman–Crippen LogP) is 2.61. The fourth-order valence-corrected chi connectivity index (χ4v) is 1.78. The number of anilines is 1. The van der Waals surface area contributed by atoms with Gasteiger partial charge in [0, 0.05) is 19.2 Å². The highest BCUT2D eigenvalue weighted by molar-refractivity contribution is 5.75. The van der Waals surface area contributed by atoms with E-state index in [0.29, 0.717) is 30.5 Å². The molecule has 20 heavy (non-hydrogen) atoms. The lowest BCUT2D eigenvalue weighted by atomic mass is 10.0. The van der Waals surface area contributed by atoms with Gasteiger partial charge in [-0.15, -0.1) is 0 Å². The molecule has 0 heterocycles. The zero-order chi connectivity index (χ0) is 15.2. The Labute approximate surface area is 119 Å². The monoisotopic (exact) mass is 277 g/mol. The van der Waals surface area contributed by atoms with E-state index in [9.17, 15) is 9.18 Å². The number of nitrogens with one attached hydrogen (secondary N) is 2. The minimum absolute atomic E-state index is 0.0422. The number of nitriles is 1. The standard InChI is InChI=1S/C15H20FN3O/c1-15(2,10-17)19-12-8-7-11(13(16)9-12)5-4-6-14(20)18-3/h7-9,19H,4-6H2,1-3H3,(H,18,20). The second-order valence-corrected chi connectivity index (χ2v) is 5.19. The zero-order valence-corrected chi connectivity index (χ0v) is 12.1. The Morgan fingerprint density at radius 3 is 2.70 bits per heavy atom. The van der Waals surface area contributed by atoms with E-state index in [1.165, 1.54) is 6.07 Å². The third-order valence-electron chi connectivity index (χ3n) is 2.92. The van der Waals surface area contributed by atoms with Crippen LogP contribution in [0, 0.1) is 17.1 Å². The second kappa shape index (κ2) is 6.90. The van der Waals surface area contributed by atoms with Gasteiger partial charge < -0.3 is 10.6 Å². The van der Waals surface area contributed by atoms with Crippen molar-refractivity contribution in [2.24, 2.45) is 0 Å². The molecule has 0 unspecified atom stereocenters. The average Bonchev–Trinajstić information content (AvgIpc) is 2.40. The van der Waals surface area contributed by atoms with Crippen molar-refractivity contribution in [3.63, 3.8) is 0 Å². The second-order valence-electron chi connectivity index (χ2n) is 5.19. The van der Waals surface area contributed by atoms with Crippen LogP contribution >= 0.6 is 0 Å². The topological polar surface area (TPSA) is 64.9 Å². The number of carbonyl (C=O) groups excluding carboxylic acids is 1. The summed E-state index contributed by atoms with van der Waals surface area (Å²) in [7, 11) is 1.58. The highest BCUT2D eigenvalue weighted by Crippen LogP contribution is 2.19. The van der Waals surface area contributed by atoms with Crippen LogP contribution in [0.2, 0.25) is 0 Å². The first-order chi connectivity index (χ1) is 9.38. The Bertz CT molecular complexity index is 520. The molecule has 0 aliphatic carbocycles. The molecule has 1 amide bonds. The van der Waals surface area contributed by atoms with Crippen LogP contribution in [0.4, 0.5) is 10.1 Å². The Morgan fingerprint density at radius 2 is 2.15 bits per heavy atom. The molecular weight excluding hydrogens is 257 g/mol. The Balaban J connectivity index is 2.65. The molecule has 108 valence electrons. The molecule has 0 aliphatic rings. The number of hydrogen-bond acceptors (Lipinski definition) is 3. The van der Waals surface area contributed by atoms with Crippen LogP contribution in [-0.2, 0) is 11.2 Å². The molecule has 0 bridgehead atoms. The Kier molecular flexibility index (Phi) is 5.51. The van der Waals surface area contributed by atoms with E-state index in [-0.39, 0.29) is 11.7 Å². The summed E-state index contributed by atoms with van der Waals surface area (Å²) in [4.78, 5) is 11.1. The third-order valence-corrected chi connectivity index (χ3v) is 2.92. The molecule has 0 aliphatic heterocycles. The van der Waals surface area contributed by atoms with Crippen LogP contribution < -0.4 is 10.6 Å². The first-order valence-corrected chi connectivity index (χ1v) is 6.56. The molecule has 0 aromatic heterocycles. The molecule has 0 fully saturated rings. The first-order valence-electron chi connectivity index (χ1n) is 6.56. The van der Waals surface area contributed by atoms with E-state index < -0.39 is 5.54 Å². The smallest absolute Gasteiger partial charge is 0.219 e. The van der Waals surface area contributed by atoms with E-state index in [1.54, 1.807) is 33.0 Å². The highest BCUT2D eigenvalue weighted by atomic mass is 19.1. The minimum Gasteiger partial charge on any atom is -0.368 e. The third kappa shape index (κ3) is 4.88. The van der Waals surface area contributed by atoms with E-state index in [2.05, 4.69) is 16.7 Å². The largest absolute Gasteiger partial charge is 0.368 e. The van der Waals surface area contributed by atoms with E-state index in [4.69, 9.17) is 5.26 Å². The summed E-state index contributed by atoms with van der Waals surface area (Å²) in [5.41, 5.74) is 0.408. The van der Waals surface area contributed by atoms with Gasteiger partial charge >= 0.3 is 0 Å². The Hall–Kier alpha value is -2.09. The summed E-state index contributed by atoms with van der Waals surface area (Å²) in [5, 5.41) is 14.4. The van der Waals surface area contributed by atoms with Gasteiger partial charge in [0.2, 0.25) is 5.91 Å². The maximum atomic E-state index is 13.9. The summed E-state index contributed by atoms with van der Waals surface area (Å²) in [6.45, 7) is 3.45. The summed E-state index contributed by atoms with van der Waals surface area (Å²) in [6, 6.07) is 6.92. The van der Waals surface area contributed by atoms with Gasteiger partial charge in [-0.05, 0) is 44.4 Å². The lowest BCUT2D eigenvalue weighted by Crippen LogP contribution is -2.28. The van der Waals surface area contributed by atoms with Crippen molar-refractivity contribution in [2.45, 2.75) is 38.6 Å². The van der Waals surface area contributed by atoms with Crippen LogP contribution in [-0.4, -0.2) is 18.5 Å². The minimum atomic E-state index is -0.743. The lowest BCUT2D eigenvalue weighted by molar-refractivity contribution is -0.120. The number of benzene rings is 1. The highest BCUT2D eigenvalue weighted by Gasteiger charge is 2.16. The van der Waals surface area contributed by atoms with Crippen molar-refractivity contribution in [2.75, 3.05) is 12.4 Å². The first kappa shape index (κ1) is 16.0. The zero-order valence-electron chi connectivity index (χ0n) is 12.1. The number of rotatable bonds is 6. The van der Waals surface area contributed by atoms with E-state index >= 15 is 0 Å². The van der Waals surface area contributed by atoms with Crippen LogP contribution in [0.3, 0.4) is 0 Å². The van der Waals surface area contributed by atoms with Gasteiger partial charge in [-0.3, -0.25) is 4.79 Å².